The molecule has 2 amide bonds. The number of anilines is 2. The molecule has 170 valence electrons. The van der Waals surface area contributed by atoms with Crippen LogP contribution < -0.4 is 25.0 Å². The number of aromatic nitrogens is 2. The highest BCUT2D eigenvalue weighted by atomic mass is 16.6. The lowest BCUT2D eigenvalue weighted by Crippen LogP contribution is -2.49. The Kier molecular flexibility index (Phi) is 6.39. The minimum absolute atomic E-state index is 0.214. The zero-order valence-corrected chi connectivity index (χ0v) is 18.4. The maximum absolute atomic E-state index is 12.7. The van der Waals surface area contributed by atoms with E-state index in [2.05, 4.69) is 25.5 Å². The van der Waals surface area contributed by atoms with Crippen LogP contribution >= 0.6 is 0 Å². The van der Waals surface area contributed by atoms with Gasteiger partial charge in [0.2, 0.25) is 5.91 Å². The van der Waals surface area contributed by atoms with E-state index < -0.39 is 11.6 Å². The molecule has 4 rings (SSSR count). The molecule has 0 saturated heterocycles. The van der Waals surface area contributed by atoms with E-state index in [0.717, 1.165) is 22.7 Å². The Morgan fingerprint density at radius 1 is 0.970 bits per heavy atom. The number of hydrogen-bond acceptors (Lipinski definition) is 7. The Morgan fingerprint density at radius 2 is 1.58 bits per heavy atom. The fourth-order valence-electron chi connectivity index (χ4n) is 3.34. The highest BCUT2D eigenvalue weighted by Crippen LogP contribution is 2.36. The maximum Gasteiger partial charge on any atom is 0.413 e. The third kappa shape index (κ3) is 5.38. The van der Waals surface area contributed by atoms with Gasteiger partial charge in [-0.2, -0.15) is 0 Å². The number of nitrogens with one attached hydrogen (secondary N) is 2. The van der Waals surface area contributed by atoms with Gasteiger partial charge in [0.15, 0.2) is 5.75 Å². The van der Waals surface area contributed by atoms with E-state index in [4.69, 9.17) is 9.47 Å². The number of carbonyl (C=O) groups is 2. The molecule has 9 heteroatoms. The number of nitrogens with zero attached hydrogens (tertiary/aromatic N) is 3. The number of ether oxygens (including phenoxy) is 2. The van der Waals surface area contributed by atoms with Crippen molar-refractivity contribution in [3.05, 3.63) is 72.8 Å². The van der Waals surface area contributed by atoms with Gasteiger partial charge in [-0.15, -0.1) is 0 Å². The van der Waals surface area contributed by atoms with E-state index >= 15 is 0 Å². The van der Waals surface area contributed by atoms with Crippen molar-refractivity contribution < 1.29 is 19.1 Å². The first-order valence-electron chi connectivity index (χ1n) is 10.5. The van der Waals surface area contributed by atoms with Gasteiger partial charge < -0.3 is 25.0 Å². The molecule has 0 atom stereocenters. The lowest BCUT2D eigenvalue weighted by Gasteiger charge is -2.20. The predicted molar refractivity (Wildman–Crippen MR) is 123 cm³/mol. The normalized spacial score (nSPS) is 13.5. The van der Waals surface area contributed by atoms with Gasteiger partial charge >= 0.3 is 6.09 Å². The van der Waals surface area contributed by atoms with Gasteiger partial charge in [0, 0.05) is 25.0 Å². The van der Waals surface area contributed by atoms with Crippen molar-refractivity contribution in [1.82, 2.24) is 20.6 Å². The molecule has 0 bridgehead atoms. The van der Waals surface area contributed by atoms with Crippen LogP contribution in [0.2, 0.25) is 0 Å². The second-order valence-electron chi connectivity index (χ2n) is 7.78. The zero-order valence-electron chi connectivity index (χ0n) is 18.4. The van der Waals surface area contributed by atoms with E-state index in [-0.39, 0.29) is 11.7 Å². The molecule has 0 unspecified atom stereocenters. The van der Waals surface area contributed by atoms with E-state index in [0.29, 0.717) is 19.4 Å². The molecule has 2 N–H and O–H groups in total. The van der Waals surface area contributed by atoms with E-state index in [1.165, 1.54) is 18.7 Å². The number of carbonyl (C=O) groups excluding carboxylic acids is 2. The number of hydrogen-bond donors (Lipinski definition) is 2. The van der Waals surface area contributed by atoms with Crippen LogP contribution in [0, 0.1) is 0 Å². The van der Waals surface area contributed by atoms with Crippen LogP contribution in [0.15, 0.2) is 67.3 Å². The van der Waals surface area contributed by atoms with Crippen LogP contribution in [0.3, 0.4) is 0 Å². The molecule has 3 aromatic rings. The van der Waals surface area contributed by atoms with Gasteiger partial charge in [-0.25, -0.2) is 14.8 Å². The van der Waals surface area contributed by atoms with Crippen molar-refractivity contribution in [3.63, 3.8) is 0 Å². The summed E-state index contributed by atoms with van der Waals surface area (Å²) in [6.45, 7) is 0.358. The standard InChI is InChI=1S/C24H25N5O4/c1-29(19-7-9-20(32-2)10-8-19)18-5-3-17(4-6-18)13-27-22(30)24(11-12-24)28-23(31)33-21-14-25-16-26-15-21/h3-10,14-16H,11-13H2,1-2H3,(H,27,30)(H,28,31). The van der Waals surface area contributed by atoms with Gasteiger partial charge in [0.1, 0.15) is 17.6 Å². The molecule has 1 saturated carbocycles. The highest BCUT2D eigenvalue weighted by Gasteiger charge is 2.51. The molecule has 1 aliphatic rings. The summed E-state index contributed by atoms with van der Waals surface area (Å²) < 4.78 is 10.3. The average Bonchev–Trinajstić information content (AvgIpc) is 3.63. The minimum Gasteiger partial charge on any atom is -0.497 e. The van der Waals surface area contributed by atoms with Crippen molar-refractivity contribution in [2.45, 2.75) is 24.9 Å². The highest BCUT2D eigenvalue weighted by molar-refractivity contribution is 5.93. The number of amides is 2. The topological polar surface area (TPSA) is 106 Å². The lowest BCUT2D eigenvalue weighted by molar-refractivity contribution is -0.124. The summed E-state index contributed by atoms with van der Waals surface area (Å²) in [7, 11) is 3.63. The summed E-state index contributed by atoms with van der Waals surface area (Å²) in [6, 6.07) is 15.7. The monoisotopic (exact) mass is 447 g/mol. The molecular weight excluding hydrogens is 422 g/mol. The van der Waals surface area contributed by atoms with Gasteiger partial charge in [-0.05, 0) is 54.8 Å². The quantitative estimate of drug-likeness (QED) is 0.546. The van der Waals surface area contributed by atoms with E-state index in [9.17, 15) is 9.59 Å². The summed E-state index contributed by atoms with van der Waals surface area (Å²) in [5.41, 5.74) is 2.08. The summed E-state index contributed by atoms with van der Waals surface area (Å²) in [5.74, 6) is 0.789. The molecule has 2 aromatic carbocycles. The molecule has 1 aromatic heterocycles. The van der Waals surface area contributed by atoms with Crippen molar-refractivity contribution in [1.29, 1.82) is 0 Å². The Bertz CT molecular complexity index is 1100. The first-order valence-corrected chi connectivity index (χ1v) is 10.5. The first kappa shape index (κ1) is 22.1. The third-order valence-corrected chi connectivity index (χ3v) is 5.51. The maximum atomic E-state index is 12.7. The Labute approximate surface area is 191 Å². The largest absolute Gasteiger partial charge is 0.497 e. The Morgan fingerprint density at radius 3 is 2.15 bits per heavy atom. The second-order valence-corrected chi connectivity index (χ2v) is 7.78. The van der Waals surface area contributed by atoms with Crippen LogP contribution in [-0.2, 0) is 11.3 Å². The average molecular weight is 447 g/mol. The summed E-state index contributed by atoms with van der Waals surface area (Å²) in [6.07, 6.45) is 4.51. The van der Waals surface area contributed by atoms with Crippen LogP contribution in [0.5, 0.6) is 11.5 Å². The molecule has 0 spiro atoms. The number of rotatable bonds is 8. The summed E-state index contributed by atoms with van der Waals surface area (Å²) >= 11 is 0. The van der Waals surface area contributed by atoms with Gasteiger partial charge in [0.05, 0.1) is 19.5 Å². The molecule has 0 radical (unpaired) electrons. The third-order valence-electron chi connectivity index (χ3n) is 5.51. The predicted octanol–water partition coefficient (Wildman–Crippen LogP) is 3.19. The van der Waals surface area contributed by atoms with Crippen molar-refractivity contribution >= 4 is 23.4 Å². The Hall–Kier alpha value is -4.14. The fourth-order valence-corrected chi connectivity index (χ4v) is 3.34. The first-order chi connectivity index (χ1) is 16.0. The number of benzene rings is 2. The summed E-state index contributed by atoms with van der Waals surface area (Å²) in [5, 5.41) is 5.56. The van der Waals surface area contributed by atoms with Crippen LogP contribution in [-0.4, -0.2) is 41.7 Å². The van der Waals surface area contributed by atoms with Crippen molar-refractivity contribution in [3.8, 4) is 11.5 Å². The smallest absolute Gasteiger partial charge is 0.413 e. The van der Waals surface area contributed by atoms with Crippen molar-refractivity contribution in [2.24, 2.45) is 0 Å². The molecule has 1 aliphatic carbocycles. The van der Waals surface area contributed by atoms with Crippen LogP contribution in [0.4, 0.5) is 16.2 Å². The van der Waals surface area contributed by atoms with E-state index in [1.54, 1.807) is 7.11 Å². The fraction of sp³-hybridized carbons (Fsp3) is 0.250. The molecular formula is C24H25N5O4. The van der Waals surface area contributed by atoms with Gasteiger partial charge in [0.25, 0.3) is 0 Å². The lowest BCUT2D eigenvalue weighted by atomic mass is 10.1. The minimum atomic E-state index is -0.929. The summed E-state index contributed by atoms with van der Waals surface area (Å²) in [4.78, 5) is 34.4. The molecule has 9 nitrogen and oxygen atoms in total. The van der Waals surface area contributed by atoms with Crippen LogP contribution in [0.1, 0.15) is 18.4 Å². The van der Waals surface area contributed by atoms with Crippen LogP contribution in [0.25, 0.3) is 0 Å². The van der Waals surface area contributed by atoms with E-state index in [1.807, 2.05) is 55.6 Å². The second kappa shape index (κ2) is 9.56. The molecule has 1 heterocycles. The molecule has 33 heavy (non-hydrogen) atoms. The van der Waals surface area contributed by atoms with Gasteiger partial charge in [-0.3, -0.25) is 4.79 Å². The SMILES string of the molecule is COc1ccc(N(C)c2ccc(CNC(=O)C3(NC(=O)Oc4cncnc4)CC3)cc2)cc1. The molecule has 1 fully saturated rings. The Balaban J connectivity index is 1.29. The molecule has 0 aliphatic heterocycles. The zero-order chi connectivity index (χ0) is 23.3. The number of methoxy groups -OCH3 is 1. The van der Waals surface area contributed by atoms with Crippen molar-refractivity contribution in [2.75, 3.05) is 19.1 Å². The van der Waals surface area contributed by atoms with Gasteiger partial charge in [-0.1, -0.05) is 12.1 Å².